The first-order valence-electron chi connectivity index (χ1n) is 7.00. The van der Waals surface area contributed by atoms with Crippen molar-refractivity contribution in [1.82, 2.24) is 10.3 Å². The van der Waals surface area contributed by atoms with Gasteiger partial charge in [0.05, 0.1) is 10.7 Å². The van der Waals surface area contributed by atoms with Crippen LogP contribution in [0.15, 0.2) is 0 Å². The second-order valence-corrected chi connectivity index (χ2v) is 7.85. The Bertz CT molecular complexity index is 417. The Hall–Kier alpha value is -0.410. The third kappa shape index (κ3) is 3.12. The fraction of sp³-hybridized carbons (Fsp3) is 0.800. The summed E-state index contributed by atoms with van der Waals surface area (Å²) < 4.78 is 0. The lowest BCUT2D eigenvalue weighted by Crippen LogP contribution is -2.21. The van der Waals surface area contributed by atoms with Crippen molar-refractivity contribution >= 4 is 11.3 Å². The van der Waals surface area contributed by atoms with Crippen LogP contribution in [0.25, 0.3) is 0 Å². The second kappa shape index (κ2) is 4.93. The molecular formula is C15H26N2S. The summed E-state index contributed by atoms with van der Waals surface area (Å²) in [7, 11) is 0. The average Bonchev–Trinajstić information content (AvgIpc) is 2.79. The Morgan fingerprint density at radius 3 is 2.50 bits per heavy atom. The summed E-state index contributed by atoms with van der Waals surface area (Å²) in [6, 6.07) is 0.436. The molecule has 3 unspecified atom stereocenters. The molecule has 0 amide bonds. The van der Waals surface area contributed by atoms with Gasteiger partial charge in [-0.15, -0.1) is 11.3 Å². The molecule has 1 aromatic heterocycles. The van der Waals surface area contributed by atoms with Crippen molar-refractivity contribution in [1.29, 1.82) is 0 Å². The van der Waals surface area contributed by atoms with Crippen LogP contribution < -0.4 is 5.32 Å². The van der Waals surface area contributed by atoms with E-state index in [2.05, 4.69) is 46.9 Å². The van der Waals surface area contributed by atoms with Crippen LogP contribution in [0.1, 0.15) is 62.7 Å². The maximum Gasteiger partial charge on any atom is 0.0985 e. The number of aryl methyl sites for hydroxylation is 1. The van der Waals surface area contributed by atoms with Crippen molar-refractivity contribution in [3.05, 3.63) is 15.6 Å². The van der Waals surface area contributed by atoms with Gasteiger partial charge in [0, 0.05) is 16.3 Å². The van der Waals surface area contributed by atoms with Gasteiger partial charge in [0.1, 0.15) is 0 Å². The number of rotatable bonds is 4. The molecule has 0 spiro atoms. The molecule has 0 bridgehead atoms. The SMILES string of the molecule is Cc1nc(C(C)(C)C)sc1C(C)NCC1CC1C. The predicted octanol–water partition coefficient (Wildman–Crippen LogP) is 4.06. The molecule has 0 aliphatic heterocycles. The zero-order valence-electron chi connectivity index (χ0n) is 12.5. The largest absolute Gasteiger partial charge is 0.309 e. The molecule has 0 radical (unpaired) electrons. The minimum atomic E-state index is 0.165. The van der Waals surface area contributed by atoms with Crippen LogP contribution in [-0.2, 0) is 5.41 Å². The summed E-state index contributed by atoms with van der Waals surface area (Å²) in [4.78, 5) is 6.15. The third-order valence-corrected chi connectivity index (χ3v) is 5.60. The second-order valence-electron chi connectivity index (χ2n) is 6.82. The van der Waals surface area contributed by atoms with Crippen molar-refractivity contribution in [3.8, 4) is 0 Å². The summed E-state index contributed by atoms with van der Waals surface area (Å²) in [5.74, 6) is 1.83. The van der Waals surface area contributed by atoms with Crippen molar-refractivity contribution < 1.29 is 0 Å². The van der Waals surface area contributed by atoms with Gasteiger partial charge < -0.3 is 5.32 Å². The summed E-state index contributed by atoms with van der Waals surface area (Å²) in [5.41, 5.74) is 1.37. The number of hydrogen-bond acceptors (Lipinski definition) is 3. The number of hydrogen-bond donors (Lipinski definition) is 1. The summed E-state index contributed by atoms with van der Waals surface area (Å²) in [5, 5.41) is 4.92. The molecule has 0 aromatic carbocycles. The Morgan fingerprint density at radius 1 is 1.44 bits per heavy atom. The molecule has 102 valence electrons. The zero-order valence-corrected chi connectivity index (χ0v) is 13.3. The fourth-order valence-electron chi connectivity index (χ4n) is 2.24. The molecule has 1 saturated carbocycles. The van der Waals surface area contributed by atoms with Gasteiger partial charge in [-0.1, -0.05) is 27.7 Å². The van der Waals surface area contributed by atoms with Gasteiger partial charge in [-0.2, -0.15) is 0 Å². The molecule has 0 saturated heterocycles. The van der Waals surface area contributed by atoms with Crippen molar-refractivity contribution in [2.45, 2.75) is 59.4 Å². The highest BCUT2D eigenvalue weighted by Gasteiger charge is 2.32. The van der Waals surface area contributed by atoms with Crippen LogP contribution in [0.3, 0.4) is 0 Å². The molecule has 1 aromatic rings. The normalized spacial score (nSPS) is 25.2. The molecule has 1 aliphatic carbocycles. The highest BCUT2D eigenvalue weighted by molar-refractivity contribution is 7.12. The van der Waals surface area contributed by atoms with Crippen molar-refractivity contribution in [3.63, 3.8) is 0 Å². The van der Waals surface area contributed by atoms with Crippen LogP contribution in [0, 0.1) is 18.8 Å². The predicted molar refractivity (Wildman–Crippen MR) is 79.2 cm³/mol. The van der Waals surface area contributed by atoms with E-state index >= 15 is 0 Å². The summed E-state index contributed by atoms with van der Waals surface area (Å²) in [6.07, 6.45) is 1.40. The van der Waals surface area contributed by atoms with E-state index in [0.717, 1.165) is 18.4 Å². The van der Waals surface area contributed by atoms with Crippen LogP contribution >= 0.6 is 11.3 Å². The van der Waals surface area contributed by atoms with E-state index in [1.165, 1.54) is 22.0 Å². The lowest BCUT2D eigenvalue weighted by molar-refractivity contribution is 0.538. The average molecular weight is 266 g/mol. The fourth-order valence-corrected chi connectivity index (χ4v) is 3.39. The summed E-state index contributed by atoms with van der Waals surface area (Å²) >= 11 is 1.87. The molecule has 1 N–H and O–H groups in total. The van der Waals surface area contributed by atoms with Crippen LogP contribution in [0.5, 0.6) is 0 Å². The number of nitrogens with zero attached hydrogens (tertiary/aromatic N) is 1. The molecule has 1 aliphatic rings. The van der Waals surface area contributed by atoms with Gasteiger partial charge in [-0.3, -0.25) is 0 Å². The van der Waals surface area contributed by atoms with Gasteiger partial charge in [-0.25, -0.2) is 4.98 Å². The Balaban J connectivity index is 2.01. The first-order valence-corrected chi connectivity index (χ1v) is 7.82. The minimum absolute atomic E-state index is 0.165. The summed E-state index contributed by atoms with van der Waals surface area (Å²) in [6.45, 7) is 14.6. The van der Waals surface area contributed by atoms with E-state index in [9.17, 15) is 0 Å². The molecule has 3 atom stereocenters. The monoisotopic (exact) mass is 266 g/mol. The third-order valence-electron chi connectivity index (χ3n) is 3.83. The molecule has 1 heterocycles. The highest BCUT2D eigenvalue weighted by atomic mass is 32.1. The van der Waals surface area contributed by atoms with E-state index in [4.69, 9.17) is 4.98 Å². The van der Waals surface area contributed by atoms with E-state index in [1.54, 1.807) is 0 Å². The number of thiazole rings is 1. The van der Waals surface area contributed by atoms with Crippen LogP contribution in [0.4, 0.5) is 0 Å². The topological polar surface area (TPSA) is 24.9 Å². The van der Waals surface area contributed by atoms with Gasteiger partial charge in [0.2, 0.25) is 0 Å². The van der Waals surface area contributed by atoms with Crippen molar-refractivity contribution in [2.24, 2.45) is 11.8 Å². The van der Waals surface area contributed by atoms with Gasteiger partial charge in [-0.05, 0) is 38.6 Å². The molecule has 18 heavy (non-hydrogen) atoms. The number of nitrogens with one attached hydrogen (secondary N) is 1. The minimum Gasteiger partial charge on any atom is -0.309 e. The van der Waals surface area contributed by atoms with Crippen LogP contribution in [0.2, 0.25) is 0 Å². The molecule has 2 nitrogen and oxygen atoms in total. The number of aromatic nitrogens is 1. The lowest BCUT2D eigenvalue weighted by atomic mass is 9.98. The highest BCUT2D eigenvalue weighted by Crippen LogP contribution is 2.38. The van der Waals surface area contributed by atoms with E-state index in [0.29, 0.717) is 6.04 Å². The van der Waals surface area contributed by atoms with E-state index in [-0.39, 0.29) is 5.41 Å². The van der Waals surface area contributed by atoms with Crippen molar-refractivity contribution in [2.75, 3.05) is 6.54 Å². The van der Waals surface area contributed by atoms with Gasteiger partial charge in [0.25, 0.3) is 0 Å². The standard InChI is InChI=1S/C15H26N2S/c1-9-7-12(9)8-16-10(2)13-11(3)17-14(18-13)15(4,5)6/h9-10,12,16H,7-8H2,1-6H3. The quantitative estimate of drug-likeness (QED) is 0.889. The first-order chi connectivity index (χ1) is 8.29. The smallest absolute Gasteiger partial charge is 0.0985 e. The maximum atomic E-state index is 4.74. The molecule has 3 heteroatoms. The van der Waals surface area contributed by atoms with E-state index < -0.39 is 0 Å². The van der Waals surface area contributed by atoms with E-state index in [1.807, 2.05) is 11.3 Å². The molecular weight excluding hydrogens is 240 g/mol. The molecule has 2 rings (SSSR count). The molecule has 1 fully saturated rings. The maximum absolute atomic E-state index is 4.74. The Kier molecular flexibility index (Phi) is 3.84. The first kappa shape index (κ1) is 14.0. The Labute approximate surface area is 115 Å². The van der Waals surface area contributed by atoms with Gasteiger partial charge in [0.15, 0.2) is 0 Å². The van der Waals surface area contributed by atoms with Gasteiger partial charge >= 0.3 is 0 Å². The lowest BCUT2D eigenvalue weighted by Gasteiger charge is -2.14. The zero-order chi connectivity index (χ0) is 13.5. The Morgan fingerprint density at radius 2 is 2.06 bits per heavy atom. The van der Waals surface area contributed by atoms with Crippen LogP contribution in [-0.4, -0.2) is 11.5 Å².